The average Bonchev–Trinajstić information content (AvgIpc) is 2.69. The van der Waals surface area contributed by atoms with E-state index in [-0.39, 0.29) is 24.1 Å². The Kier molecular flexibility index (Phi) is 6.53. The number of para-hydroxylation sites is 1. The van der Waals surface area contributed by atoms with Gasteiger partial charge in [-0.05, 0) is 37.1 Å². The Balaban J connectivity index is 1.49. The zero-order chi connectivity index (χ0) is 20.9. The van der Waals surface area contributed by atoms with Crippen molar-refractivity contribution in [1.29, 1.82) is 0 Å². The number of nitrogens with one attached hydrogen (secondary N) is 2. The highest BCUT2D eigenvalue weighted by molar-refractivity contribution is 5.96. The molecule has 29 heavy (non-hydrogen) atoms. The number of alkyl halides is 3. The number of halogens is 3. The van der Waals surface area contributed by atoms with Gasteiger partial charge in [0.15, 0.2) is 0 Å². The lowest BCUT2D eigenvalue weighted by molar-refractivity contribution is -0.138. The van der Waals surface area contributed by atoms with Gasteiger partial charge >= 0.3 is 6.18 Å². The molecule has 0 saturated carbocycles. The number of hydrogen-bond acceptors (Lipinski definition) is 3. The Morgan fingerprint density at radius 1 is 0.966 bits per heavy atom. The standard InChI is InChI=1S/C21H22F3N3O2/c22-21(23,24)18-9-5-4-8-17(18)20(29)26-16-10-12-27(13-11-16)14-19(28)25-15-6-2-1-3-7-15/h1-9,16H,10-14H2,(H,25,28)(H,26,29). The van der Waals surface area contributed by atoms with Crippen LogP contribution in [0.5, 0.6) is 0 Å². The summed E-state index contributed by atoms with van der Waals surface area (Å²) in [6.07, 6.45) is -3.44. The number of likely N-dealkylation sites (tertiary alicyclic amines) is 1. The van der Waals surface area contributed by atoms with Gasteiger partial charge in [-0.15, -0.1) is 0 Å². The summed E-state index contributed by atoms with van der Waals surface area (Å²) in [6, 6.07) is 13.7. The van der Waals surface area contributed by atoms with Gasteiger partial charge in [0.2, 0.25) is 5.91 Å². The summed E-state index contributed by atoms with van der Waals surface area (Å²) in [4.78, 5) is 26.4. The quantitative estimate of drug-likeness (QED) is 0.800. The van der Waals surface area contributed by atoms with Crippen molar-refractivity contribution in [2.24, 2.45) is 0 Å². The molecule has 0 radical (unpaired) electrons. The summed E-state index contributed by atoms with van der Waals surface area (Å²) in [7, 11) is 0. The number of amides is 2. The molecule has 0 atom stereocenters. The molecule has 2 amide bonds. The minimum atomic E-state index is -4.58. The summed E-state index contributed by atoms with van der Waals surface area (Å²) in [5, 5.41) is 5.51. The predicted molar refractivity (Wildman–Crippen MR) is 103 cm³/mol. The van der Waals surface area contributed by atoms with Gasteiger partial charge < -0.3 is 10.6 Å². The first kappa shape index (κ1) is 20.9. The molecule has 2 aromatic rings. The first-order valence-corrected chi connectivity index (χ1v) is 9.37. The maximum atomic E-state index is 13.1. The number of anilines is 1. The van der Waals surface area contributed by atoms with Crippen LogP contribution in [0.4, 0.5) is 18.9 Å². The third-order valence-electron chi connectivity index (χ3n) is 4.82. The van der Waals surface area contributed by atoms with Crippen LogP contribution in [0, 0.1) is 0 Å². The largest absolute Gasteiger partial charge is 0.417 e. The second-order valence-electron chi connectivity index (χ2n) is 6.98. The van der Waals surface area contributed by atoms with Crippen molar-refractivity contribution in [2.75, 3.05) is 25.0 Å². The summed E-state index contributed by atoms with van der Waals surface area (Å²) in [5.74, 6) is -0.851. The van der Waals surface area contributed by atoms with E-state index in [4.69, 9.17) is 0 Å². The van der Waals surface area contributed by atoms with E-state index in [1.165, 1.54) is 18.2 Å². The van der Waals surface area contributed by atoms with Crippen molar-refractivity contribution in [3.05, 3.63) is 65.7 Å². The fourth-order valence-corrected chi connectivity index (χ4v) is 3.35. The maximum absolute atomic E-state index is 13.1. The Bertz CT molecular complexity index is 848. The van der Waals surface area contributed by atoms with E-state index in [1.54, 1.807) is 12.1 Å². The van der Waals surface area contributed by atoms with E-state index in [0.717, 1.165) is 11.8 Å². The molecular formula is C21H22F3N3O2. The number of rotatable bonds is 5. The second kappa shape index (κ2) is 9.09. The fourth-order valence-electron chi connectivity index (χ4n) is 3.35. The van der Waals surface area contributed by atoms with Crippen LogP contribution in [0.2, 0.25) is 0 Å². The number of benzene rings is 2. The molecule has 0 bridgehead atoms. The molecule has 154 valence electrons. The van der Waals surface area contributed by atoms with E-state index in [2.05, 4.69) is 10.6 Å². The zero-order valence-corrected chi connectivity index (χ0v) is 15.7. The van der Waals surface area contributed by atoms with Crippen molar-refractivity contribution < 1.29 is 22.8 Å². The SMILES string of the molecule is O=C(CN1CCC(NC(=O)c2ccccc2C(F)(F)F)CC1)Nc1ccccc1. The number of carbonyl (C=O) groups excluding carboxylic acids is 2. The normalized spacial score (nSPS) is 15.7. The minimum Gasteiger partial charge on any atom is -0.349 e. The molecular weight excluding hydrogens is 383 g/mol. The molecule has 2 N–H and O–H groups in total. The summed E-state index contributed by atoms with van der Waals surface area (Å²) in [5.41, 5.74) is -0.583. The molecule has 2 aromatic carbocycles. The van der Waals surface area contributed by atoms with E-state index in [0.29, 0.717) is 25.9 Å². The van der Waals surface area contributed by atoms with Crippen molar-refractivity contribution in [3.8, 4) is 0 Å². The molecule has 0 unspecified atom stereocenters. The summed E-state index contributed by atoms with van der Waals surface area (Å²) >= 11 is 0. The lowest BCUT2D eigenvalue weighted by Crippen LogP contribution is -2.46. The highest BCUT2D eigenvalue weighted by Gasteiger charge is 2.35. The van der Waals surface area contributed by atoms with Gasteiger partial charge in [0, 0.05) is 24.8 Å². The van der Waals surface area contributed by atoms with Gasteiger partial charge in [0.1, 0.15) is 0 Å². The smallest absolute Gasteiger partial charge is 0.349 e. The predicted octanol–water partition coefficient (Wildman–Crippen LogP) is 3.54. The van der Waals surface area contributed by atoms with Crippen LogP contribution in [-0.2, 0) is 11.0 Å². The molecule has 1 saturated heterocycles. The van der Waals surface area contributed by atoms with Gasteiger partial charge in [-0.1, -0.05) is 30.3 Å². The van der Waals surface area contributed by atoms with Gasteiger partial charge in [0.05, 0.1) is 17.7 Å². The van der Waals surface area contributed by atoms with E-state index in [1.807, 2.05) is 23.1 Å². The van der Waals surface area contributed by atoms with Crippen LogP contribution >= 0.6 is 0 Å². The Labute approximate surface area is 166 Å². The van der Waals surface area contributed by atoms with E-state index in [9.17, 15) is 22.8 Å². The minimum absolute atomic E-state index is 0.127. The molecule has 0 spiro atoms. The monoisotopic (exact) mass is 405 g/mol. The Hall–Kier alpha value is -2.87. The number of hydrogen-bond donors (Lipinski definition) is 2. The fraction of sp³-hybridized carbons (Fsp3) is 0.333. The maximum Gasteiger partial charge on any atom is 0.417 e. The van der Waals surface area contributed by atoms with Crippen LogP contribution in [-0.4, -0.2) is 42.4 Å². The van der Waals surface area contributed by atoms with E-state index < -0.39 is 17.6 Å². The molecule has 1 fully saturated rings. The average molecular weight is 405 g/mol. The topological polar surface area (TPSA) is 61.4 Å². The highest BCUT2D eigenvalue weighted by Crippen LogP contribution is 2.31. The first-order valence-electron chi connectivity index (χ1n) is 9.37. The molecule has 8 heteroatoms. The van der Waals surface area contributed by atoms with E-state index >= 15 is 0 Å². The summed E-state index contributed by atoms with van der Waals surface area (Å²) < 4.78 is 39.3. The van der Waals surface area contributed by atoms with Gasteiger partial charge in [0.25, 0.3) is 5.91 Å². The van der Waals surface area contributed by atoms with Gasteiger partial charge in [-0.2, -0.15) is 13.2 Å². The zero-order valence-electron chi connectivity index (χ0n) is 15.7. The van der Waals surface area contributed by atoms with Crippen LogP contribution in [0.1, 0.15) is 28.8 Å². The molecule has 1 aliphatic rings. The van der Waals surface area contributed by atoms with Crippen molar-refractivity contribution >= 4 is 17.5 Å². The Morgan fingerprint density at radius 2 is 1.59 bits per heavy atom. The third kappa shape index (κ3) is 5.80. The second-order valence-corrected chi connectivity index (χ2v) is 6.98. The van der Waals surface area contributed by atoms with Crippen LogP contribution in [0.25, 0.3) is 0 Å². The number of nitrogens with zero attached hydrogens (tertiary/aromatic N) is 1. The van der Waals surface area contributed by atoms with Crippen molar-refractivity contribution in [2.45, 2.75) is 25.1 Å². The molecule has 0 aliphatic carbocycles. The van der Waals surface area contributed by atoms with Crippen LogP contribution in [0.3, 0.4) is 0 Å². The third-order valence-corrected chi connectivity index (χ3v) is 4.82. The molecule has 3 rings (SSSR count). The van der Waals surface area contributed by atoms with Crippen molar-refractivity contribution in [1.82, 2.24) is 10.2 Å². The lowest BCUT2D eigenvalue weighted by atomic mass is 10.0. The van der Waals surface area contributed by atoms with Crippen LogP contribution in [0.15, 0.2) is 54.6 Å². The van der Waals surface area contributed by atoms with Crippen LogP contribution < -0.4 is 10.6 Å². The molecule has 0 aromatic heterocycles. The highest BCUT2D eigenvalue weighted by atomic mass is 19.4. The molecule has 1 heterocycles. The number of carbonyl (C=O) groups is 2. The van der Waals surface area contributed by atoms with Crippen molar-refractivity contribution in [3.63, 3.8) is 0 Å². The number of piperidine rings is 1. The lowest BCUT2D eigenvalue weighted by Gasteiger charge is -2.32. The van der Waals surface area contributed by atoms with Gasteiger partial charge in [-0.25, -0.2) is 0 Å². The molecule has 1 aliphatic heterocycles. The molecule has 5 nitrogen and oxygen atoms in total. The summed E-state index contributed by atoms with van der Waals surface area (Å²) in [6.45, 7) is 1.38. The van der Waals surface area contributed by atoms with Gasteiger partial charge in [-0.3, -0.25) is 14.5 Å². The Morgan fingerprint density at radius 3 is 2.24 bits per heavy atom. The first-order chi connectivity index (χ1) is 13.8.